The Labute approximate surface area is 100 Å². The molecule has 0 amide bonds. The van der Waals surface area contributed by atoms with E-state index in [2.05, 4.69) is 11.4 Å². The van der Waals surface area contributed by atoms with Crippen LogP contribution in [0.3, 0.4) is 0 Å². The van der Waals surface area contributed by atoms with Gasteiger partial charge in [0.15, 0.2) is 0 Å². The predicted octanol–water partition coefficient (Wildman–Crippen LogP) is 1.82. The lowest BCUT2D eigenvalue weighted by Gasteiger charge is -2.00. The molecule has 2 heterocycles. The van der Waals surface area contributed by atoms with Gasteiger partial charge in [-0.15, -0.1) is 0 Å². The summed E-state index contributed by atoms with van der Waals surface area (Å²) in [5, 5.41) is 12.1. The van der Waals surface area contributed by atoms with Crippen LogP contribution in [0, 0.1) is 11.3 Å². The van der Waals surface area contributed by atoms with Crippen molar-refractivity contribution in [2.75, 3.05) is 6.54 Å². The smallest absolute Gasteiger partial charge is 0.120 e. The summed E-state index contributed by atoms with van der Waals surface area (Å²) >= 11 is 0. The number of nitrogens with one attached hydrogen (secondary N) is 1. The molecule has 0 radical (unpaired) electrons. The lowest BCUT2D eigenvalue weighted by atomic mass is 10.3. The van der Waals surface area contributed by atoms with Gasteiger partial charge in [-0.05, 0) is 23.8 Å². The van der Waals surface area contributed by atoms with Gasteiger partial charge in [0.1, 0.15) is 17.5 Å². The van der Waals surface area contributed by atoms with Gasteiger partial charge in [0.2, 0.25) is 0 Å². The molecule has 0 aromatic carbocycles. The molecular formula is C13H15N3O. The maximum atomic E-state index is 8.82. The average Bonchev–Trinajstić information content (AvgIpc) is 2.94. The fraction of sp³-hybridized carbons (Fsp3) is 0.308. The number of furan rings is 1. The van der Waals surface area contributed by atoms with Gasteiger partial charge in [0.05, 0.1) is 6.26 Å². The van der Waals surface area contributed by atoms with Crippen molar-refractivity contribution in [2.45, 2.75) is 13.0 Å². The molecule has 2 aromatic rings. The molecule has 1 N–H and O–H groups in total. The summed E-state index contributed by atoms with van der Waals surface area (Å²) in [6.07, 6.45) is 4.54. The Balaban J connectivity index is 1.76. The van der Waals surface area contributed by atoms with E-state index in [-0.39, 0.29) is 0 Å². The summed E-state index contributed by atoms with van der Waals surface area (Å²) < 4.78 is 7.08. The Kier molecular flexibility index (Phi) is 3.63. The van der Waals surface area contributed by atoms with Crippen LogP contribution in [0.4, 0.5) is 0 Å². The van der Waals surface area contributed by atoms with Gasteiger partial charge in [-0.3, -0.25) is 0 Å². The van der Waals surface area contributed by atoms with Crippen molar-refractivity contribution in [3.05, 3.63) is 47.7 Å². The summed E-state index contributed by atoms with van der Waals surface area (Å²) in [7, 11) is 1.88. The first-order chi connectivity index (χ1) is 8.29. The predicted molar refractivity (Wildman–Crippen MR) is 64.2 cm³/mol. The molecular weight excluding hydrogens is 214 g/mol. The van der Waals surface area contributed by atoms with E-state index >= 15 is 0 Å². The van der Waals surface area contributed by atoms with Gasteiger partial charge in [0.25, 0.3) is 0 Å². The molecule has 0 aliphatic rings. The van der Waals surface area contributed by atoms with Crippen LogP contribution in [0.1, 0.15) is 17.0 Å². The molecule has 0 fully saturated rings. The normalized spacial score (nSPS) is 10.4. The molecule has 0 spiro atoms. The van der Waals surface area contributed by atoms with E-state index in [1.807, 2.05) is 36.0 Å². The molecule has 2 aromatic heterocycles. The number of nitriles is 1. The standard InChI is InChI=1S/C13H15N3O/c1-16-10-11(7-12(16)8-14)9-15-5-4-13-3-2-6-17-13/h2-3,6-7,10,15H,4-5,9H2,1H3. The molecule has 4 nitrogen and oxygen atoms in total. The second-order valence-corrected chi connectivity index (χ2v) is 3.96. The third-order valence-electron chi connectivity index (χ3n) is 2.63. The Morgan fingerprint density at radius 3 is 3.06 bits per heavy atom. The first kappa shape index (κ1) is 11.5. The fourth-order valence-electron chi connectivity index (χ4n) is 1.74. The van der Waals surface area contributed by atoms with E-state index in [0.717, 1.165) is 30.8 Å². The molecule has 0 atom stereocenters. The minimum Gasteiger partial charge on any atom is -0.469 e. The van der Waals surface area contributed by atoms with Crippen molar-refractivity contribution in [3.8, 4) is 6.07 Å². The van der Waals surface area contributed by atoms with Crippen molar-refractivity contribution in [2.24, 2.45) is 7.05 Å². The molecule has 0 aliphatic heterocycles. The Hall–Kier alpha value is -1.99. The van der Waals surface area contributed by atoms with Gasteiger partial charge in [0, 0.05) is 32.8 Å². The monoisotopic (exact) mass is 229 g/mol. The third-order valence-corrected chi connectivity index (χ3v) is 2.63. The van der Waals surface area contributed by atoms with Crippen molar-refractivity contribution >= 4 is 0 Å². The first-order valence-corrected chi connectivity index (χ1v) is 5.58. The second kappa shape index (κ2) is 5.37. The van der Waals surface area contributed by atoms with E-state index < -0.39 is 0 Å². The quantitative estimate of drug-likeness (QED) is 0.796. The first-order valence-electron chi connectivity index (χ1n) is 5.58. The van der Waals surface area contributed by atoms with Crippen LogP contribution < -0.4 is 5.32 Å². The summed E-state index contributed by atoms with van der Waals surface area (Å²) in [6, 6.07) is 7.92. The van der Waals surface area contributed by atoms with E-state index in [9.17, 15) is 0 Å². The lowest BCUT2D eigenvalue weighted by molar-refractivity contribution is 0.499. The maximum Gasteiger partial charge on any atom is 0.120 e. The summed E-state index contributed by atoms with van der Waals surface area (Å²) in [5.74, 6) is 0.989. The molecule has 0 aliphatic carbocycles. The Morgan fingerprint density at radius 2 is 2.41 bits per heavy atom. The zero-order valence-corrected chi connectivity index (χ0v) is 9.81. The van der Waals surface area contributed by atoms with Crippen LogP contribution in [-0.2, 0) is 20.0 Å². The van der Waals surface area contributed by atoms with Gasteiger partial charge < -0.3 is 14.3 Å². The molecule has 0 unspecified atom stereocenters. The van der Waals surface area contributed by atoms with Crippen LogP contribution in [0.25, 0.3) is 0 Å². The van der Waals surface area contributed by atoms with Crippen LogP contribution >= 0.6 is 0 Å². The van der Waals surface area contributed by atoms with Crippen LogP contribution in [-0.4, -0.2) is 11.1 Å². The minimum atomic E-state index is 0.688. The molecule has 2 rings (SSSR count). The largest absolute Gasteiger partial charge is 0.469 e. The highest BCUT2D eigenvalue weighted by molar-refractivity contribution is 5.28. The second-order valence-electron chi connectivity index (χ2n) is 3.96. The summed E-state index contributed by atoms with van der Waals surface area (Å²) in [5.41, 5.74) is 1.82. The van der Waals surface area contributed by atoms with Crippen molar-refractivity contribution in [1.29, 1.82) is 5.26 Å². The maximum absolute atomic E-state index is 8.82. The van der Waals surface area contributed by atoms with E-state index in [1.165, 1.54) is 0 Å². The fourth-order valence-corrected chi connectivity index (χ4v) is 1.74. The number of hydrogen-bond acceptors (Lipinski definition) is 3. The lowest BCUT2D eigenvalue weighted by Crippen LogP contribution is -2.16. The SMILES string of the molecule is Cn1cc(CNCCc2ccco2)cc1C#N. The third kappa shape index (κ3) is 2.99. The molecule has 4 heteroatoms. The average molecular weight is 229 g/mol. The van der Waals surface area contributed by atoms with Crippen molar-refractivity contribution in [1.82, 2.24) is 9.88 Å². The van der Waals surface area contributed by atoms with E-state index in [0.29, 0.717) is 5.69 Å². The molecule has 88 valence electrons. The van der Waals surface area contributed by atoms with Crippen LogP contribution in [0.15, 0.2) is 35.1 Å². The molecule has 0 bridgehead atoms. The summed E-state index contributed by atoms with van der Waals surface area (Å²) in [6.45, 7) is 1.64. The number of aromatic nitrogens is 1. The van der Waals surface area contributed by atoms with Gasteiger partial charge >= 0.3 is 0 Å². The van der Waals surface area contributed by atoms with Crippen molar-refractivity contribution in [3.63, 3.8) is 0 Å². The van der Waals surface area contributed by atoms with Gasteiger partial charge in [-0.25, -0.2) is 0 Å². The molecule has 17 heavy (non-hydrogen) atoms. The number of aryl methyl sites for hydroxylation is 1. The van der Waals surface area contributed by atoms with Crippen LogP contribution in [0.2, 0.25) is 0 Å². The van der Waals surface area contributed by atoms with Gasteiger partial charge in [-0.1, -0.05) is 0 Å². The van der Waals surface area contributed by atoms with E-state index in [1.54, 1.807) is 6.26 Å². The minimum absolute atomic E-state index is 0.688. The van der Waals surface area contributed by atoms with Crippen molar-refractivity contribution < 1.29 is 4.42 Å². The zero-order chi connectivity index (χ0) is 12.1. The number of hydrogen-bond donors (Lipinski definition) is 1. The van der Waals surface area contributed by atoms with Gasteiger partial charge in [-0.2, -0.15) is 5.26 Å². The highest BCUT2D eigenvalue weighted by Gasteiger charge is 2.01. The Morgan fingerprint density at radius 1 is 1.53 bits per heavy atom. The molecule has 0 saturated carbocycles. The number of rotatable bonds is 5. The Bertz CT molecular complexity index is 505. The number of nitrogens with zero attached hydrogens (tertiary/aromatic N) is 2. The highest BCUT2D eigenvalue weighted by Crippen LogP contribution is 2.05. The van der Waals surface area contributed by atoms with E-state index in [4.69, 9.17) is 9.68 Å². The topological polar surface area (TPSA) is 53.9 Å². The highest BCUT2D eigenvalue weighted by atomic mass is 16.3. The zero-order valence-electron chi connectivity index (χ0n) is 9.81. The van der Waals surface area contributed by atoms with Crippen LogP contribution in [0.5, 0.6) is 0 Å². The summed E-state index contributed by atoms with van der Waals surface area (Å²) in [4.78, 5) is 0. The molecule has 0 saturated heterocycles.